The van der Waals surface area contributed by atoms with E-state index in [1.807, 2.05) is 26.8 Å². The molecule has 0 aromatic heterocycles. The van der Waals surface area contributed by atoms with Crippen LogP contribution in [0.2, 0.25) is 0 Å². The van der Waals surface area contributed by atoms with Crippen molar-refractivity contribution < 1.29 is 42.9 Å². The van der Waals surface area contributed by atoms with Crippen molar-refractivity contribution in [1.82, 2.24) is 15.1 Å². The van der Waals surface area contributed by atoms with Gasteiger partial charge in [0.15, 0.2) is 11.5 Å². The Hall–Kier alpha value is -3.70. The van der Waals surface area contributed by atoms with Gasteiger partial charge in [0.05, 0.1) is 26.8 Å². The second-order valence-electron chi connectivity index (χ2n) is 13.7. The summed E-state index contributed by atoms with van der Waals surface area (Å²) in [6.07, 6.45) is 1.24. The van der Waals surface area contributed by atoms with E-state index in [0.29, 0.717) is 25.3 Å². The molecule has 12 heteroatoms. The van der Waals surface area contributed by atoms with Gasteiger partial charge in [-0.2, -0.15) is 0 Å². The second kappa shape index (κ2) is 11.8. The zero-order valence-corrected chi connectivity index (χ0v) is 25.9. The quantitative estimate of drug-likeness (QED) is 0.376. The minimum Gasteiger partial charge on any atom is -0.467 e. The first kappa shape index (κ1) is 30.7. The van der Waals surface area contributed by atoms with Crippen LogP contribution in [0.1, 0.15) is 77.0 Å². The lowest BCUT2D eigenvalue weighted by Gasteiger charge is -2.34. The summed E-state index contributed by atoms with van der Waals surface area (Å²) in [6, 6.07) is -0.0175. The Labute approximate surface area is 252 Å². The van der Waals surface area contributed by atoms with Crippen LogP contribution in [0.5, 0.6) is 11.5 Å². The van der Waals surface area contributed by atoms with E-state index in [-0.39, 0.29) is 31.8 Å². The highest BCUT2D eigenvalue weighted by Gasteiger charge is 2.47. The lowest BCUT2D eigenvalue weighted by molar-refractivity contribution is -0.152. The molecule has 0 spiro atoms. The molecular weight excluding hydrogens is 558 g/mol. The number of carbonyl (C=O) groups excluding carboxylic acids is 4. The van der Waals surface area contributed by atoms with E-state index >= 15 is 0 Å². The normalized spacial score (nSPS) is 26.0. The highest BCUT2D eigenvalue weighted by atomic mass is 16.7. The predicted octanol–water partition coefficient (Wildman–Crippen LogP) is 3.90. The number of alkyl carbamates (subject to hydrolysis) is 1. The first-order valence-electron chi connectivity index (χ1n) is 15.0. The van der Waals surface area contributed by atoms with E-state index in [2.05, 4.69) is 19.2 Å². The van der Waals surface area contributed by atoms with Crippen molar-refractivity contribution in [2.45, 2.75) is 98.0 Å². The van der Waals surface area contributed by atoms with Crippen LogP contribution in [-0.2, 0) is 43.3 Å². The van der Waals surface area contributed by atoms with Crippen LogP contribution in [0.25, 0.3) is 0 Å². The maximum Gasteiger partial charge on any atom is 0.410 e. The molecule has 1 N–H and O–H groups in total. The molecule has 1 aromatic rings. The van der Waals surface area contributed by atoms with Gasteiger partial charge in [-0.1, -0.05) is 34.6 Å². The van der Waals surface area contributed by atoms with E-state index in [4.69, 9.17) is 23.7 Å². The summed E-state index contributed by atoms with van der Waals surface area (Å²) in [5.41, 5.74) is 2.25. The molecule has 43 heavy (non-hydrogen) atoms. The number of esters is 1. The number of ether oxygens (including phenoxy) is 5. The third-order valence-electron chi connectivity index (χ3n) is 8.90. The highest BCUT2D eigenvalue weighted by Crippen LogP contribution is 2.44. The Kier molecular flexibility index (Phi) is 8.41. The van der Waals surface area contributed by atoms with E-state index in [1.54, 1.807) is 4.90 Å². The average molecular weight is 602 g/mol. The van der Waals surface area contributed by atoms with Gasteiger partial charge in [-0.05, 0) is 53.7 Å². The molecule has 0 saturated carbocycles. The summed E-state index contributed by atoms with van der Waals surface area (Å²) in [7, 11) is 1.25. The molecule has 0 aliphatic carbocycles. The number of fused-ring (bicyclic) bond motifs is 5. The van der Waals surface area contributed by atoms with Gasteiger partial charge in [-0.15, -0.1) is 0 Å². The van der Waals surface area contributed by atoms with Gasteiger partial charge in [0, 0.05) is 18.5 Å². The summed E-state index contributed by atoms with van der Waals surface area (Å²) in [5, 5.41) is 2.73. The predicted molar refractivity (Wildman–Crippen MR) is 153 cm³/mol. The first-order chi connectivity index (χ1) is 20.3. The molecule has 5 rings (SSSR count). The van der Waals surface area contributed by atoms with Crippen molar-refractivity contribution in [3.63, 3.8) is 0 Å². The van der Waals surface area contributed by atoms with Crippen LogP contribution >= 0.6 is 0 Å². The third kappa shape index (κ3) is 6.47. The molecule has 4 aliphatic heterocycles. The van der Waals surface area contributed by atoms with Gasteiger partial charge in [0.2, 0.25) is 12.7 Å². The number of cyclic esters (lactones) is 1. The number of benzene rings is 1. The molecule has 1 aromatic carbocycles. The Morgan fingerprint density at radius 2 is 1.84 bits per heavy atom. The maximum atomic E-state index is 13.9. The average Bonchev–Trinajstić information content (AvgIpc) is 3.67. The molecule has 236 valence electrons. The lowest BCUT2D eigenvalue weighted by atomic mass is 9.83. The standard InChI is InChI=1S/C31H43N3O9/c1-30(2,3)25-26(35)34-15-19(13-22(34)27(36)39-6)43-29(38)33-14-18-12-23-24(42-17-41-23)20(21(18)16-33)8-7-9-31(4,5)10-11-40-28(37)32-25/h12,19,22,25H,7-11,13-17H2,1-6H3,(H,32,37)/t19-,22?,25-/m1/s1. The molecule has 4 heterocycles. The Morgan fingerprint density at radius 1 is 1.07 bits per heavy atom. The van der Waals surface area contributed by atoms with Gasteiger partial charge < -0.3 is 33.9 Å². The van der Waals surface area contributed by atoms with Crippen LogP contribution in [0.4, 0.5) is 9.59 Å². The number of amides is 3. The van der Waals surface area contributed by atoms with Gasteiger partial charge in [0.1, 0.15) is 18.2 Å². The topological polar surface area (TPSA) is 133 Å². The van der Waals surface area contributed by atoms with E-state index in [0.717, 1.165) is 41.7 Å². The van der Waals surface area contributed by atoms with Crippen LogP contribution < -0.4 is 14.8 Å². The first-order valence-corrected chi connectivity index (χ1v) is 15.0. The molecule has 4 bridgehead atoms. The van der Waals surface area contributed by atoms with Crippen LogP contribution in [-0.4, -0.2) is 79.1 Å². The molecule has 3 amide bonds. The van der Waals surface area contributed by atoms with Crippen molar-refractivity contribution in [3.8, 4) is 11.5 Å². The van der Waals surface area contributed by atoms with Crippen LogP contribution in [0.15, 0.2) is 6.07 Å². The van der Waals surface area contributed by atoms with E-state index < -0.39 is 47.7 Å². The van der Waals surface area contributed by atoms with Gasteiger partial charge in [-0.25, -0.2) is 14.4 Å². The smallest absolute Gasteiger partial charge is 0.410 e. The number of methoxy groups -OCH3 is 1. The number of nitrogens with zero attached hydrogens (tertiary/aromatic N) is 2. The maximum absolute atomic E-state index is 13.9. The minimum atomic E-state index is -0.988. The lowest BCUT2D eigenvalue weighted by Crippen LogP contribution is -2.57. The monoisotopic (exact) mass is 601 g/mol. The fraction of sp³-hybridized carbons (Fsp3) is 0.677. The van der Waals surface area contributed by atoms with Gasteiger partial charge in [-0.3, -0.25) is 9.69 Å². The fourth-order valence-corrected chi connectivity index (χ4v) is 6.36. The second-order valence-corrected chi connectivity index (χ2v) is 13.7. The van der Waals surface area contributed by atoms with Crippen molar-refractivity contribution >= 4 is 24.1 Å². The summed E-state index contributed by atoms with van der Waals surface area (Å²) in [4.78, 5) is 55.9. The molecule has 1 unspecified atom stereocenters. The highest BCUT2D eigenvalue weighted by molar-refractivity contribution is 5.91. The van der Waals surface area contributed by atoms with Gasteiger partial charge in [0.25, 0.3) is 0 Å². The fourth-order valence-electron chi connectivity index (χ4n) is 6.36. The number of hydrogen-bond acceptors (Lipinski definition) is 9. The summed E-state index contributed by atoms with van der Waals surface area (Å²) >= 11 is 0. The minimum absolute atomic E-state index is 0.0101. The molecule has 12 nitrogen and oxygen atoms in total. The third-order valence-corrected chi connectivity index (χ3v) is 8.90. The molecule has 1 fully saturated rings. The number of rotatable bonds is 1. The largest absolute Gasteiger partial charge is 0.467 e. The SMILES string of the molecule is COC(=O)C1C[C@@H]2CN1C(=O)[C@H](C(C)(C)C)NC(=O)OCCC(C)(C)CCCc1c3c(cc4c1OCO4)CN(C3)C(=O)O2. The van der Waals surface area contributed by atoms with E-state index in [1.165, 1.54) is 12.0 Å². The Bertz CT molecular complexity index is 1290. The summed E-state index contributed by atoms with van der Waals surface area (Å²) in [6.45, 7) is 10.8. The van der Waals surface area contributed by atoms with Crippen molar-refractivity contribution in [2.75, 3.05) is 27.1 Å². The Balaban J connectivity index is 1.44. The molecule has 1 saturated heterocycles. The molecule has 4 aliphatic rings. The number of hydrogen-bond donors (Lipinski definition) is 1. The van der Waals surface area contributed by atoms with Crippen LogP contribution in [0.3, 0.4) is 0 Å². The van der Waals surface area contributed by atoms with Crippen LogP contribution in [0, 0.1) is 10.8 Å². The summed E-state index contributed by atoms with van der Waals surface area (Å²) in [5.74, 6) is 0.324. The van der Waals surface area contributed by atoms with Crippen molar-refractivity contribution in [3.05, 3.63) is 22.8 Å². The van der Waals surface area contributed by atoms with Gasteiger partial charge >= 0.3 is 18.2 Å². The zero-order valence-electron chi connectivity index (χ0n) is 25.9. The zero-order chi connectivity index (χ0) is 31.1. The van der Waals surface area contributed by atoms with Crippen molar-refractivity contribution in [1.29, 1.82) is 0 Å². The molecular formula is C31H43N3O9. The Morgan fingerprint density at radius 3 is 2.56 bits per heavy atom. The van der Waals surface area contributed by atoms with E-state index in [9.17, 15) is 19.2 Å². The number of carbonyl (C=O) groups is 4. The number of nitrogens with one attached hydrogen (secondary N) is 1. The molecule has 3 atom stereocenters. The molecule has 0 radical (unpaired) electrons. The summed E-state index contributed by atoms with van der Waals surface area (Å²) < 4.78 is 28.0. The van der Waals surface area contributed by atoms with Crippen molar-refractivity contribution in [2.24, 2.45) is 10.8 Å².